The first kappa shape index (κ1) is 9.66. The van der Waals surface area contributed by atoms with Crippen LogP contribution in [0.4, 0.5) is 0 Å². The van der Waals surface area contributed by atoms with Gasteiger partial charge in [0.05, 0.1) is 0 Å². The summed E-state index contributed by atoms with van der Waals surface area (Å²) in [7, 11) is -3.78. The molecule has 0 fully saturated rings. The number of rotatable bonds is 2. The molecule has 0 radical (unpaired) electrons. The third-order valence-corrected chi connectivity index (χ3v) is 2.95. The van der Waals surface area contributed by atoms with E-state index in [1.54, 1.807) is 0 Å². The average Bonchev–Trinajstić information content (AvgIpc) is 2.31. The van der Waals surface area contributed by atoms with Crippen molar-refractivity contribution in [2.75, 3.05) is 0 Å². The van der Waals surface area contributed by atoms with Gasteiger partial charge in [0.25, 0.3) is 20.2 Å². The van der Waals surface area contributed by atoms with Crippen molar-refractivity contribution in [3.63, 3.8) is 0 Å². The van der Waals surface area contributed by atoms with Gasteiger partial charge in [-0.1, -0.05) is 0 Å². The van der Waals surface area contributed by atoms with E-state index in [9.17, 15) is 8.42 Å². The van der Waals surface area contributed by atoms with Gasteiger partial charge in [0.1, 0.15) is 0 Å². The smallest absolute Gasteiger partial charge is 0.226 e. The first-order chi connectivity index (χ1) is 7.21. The lowest BCUT2D eigenvalue weighted by molar-refractivity contribution is 0.577. The predicted molar refractivity (Wildman–Crippen MR) is 49.5 cm³/mol. The molecular formula is C8H6N4O2S. The van der Waals surface area contributed by atoms with Crippen LogP contribution in [-0.2, 0) is 9.84 Å². The van der Waals surface area contributed by atoms with Crippen LogP contribution in [-0.4, -0.2) is 28.4 Å². The number of aromatic nitrogens is 4. The first-order valence-corrected chi connectivity index (χ1v) is 5.49. The summed E-state index contributed by atoms with van der Waals surface area (Å²) in [6.45, 7) is 0. The molecule has 6 nitrogen and oxygen atoms in total. The number of hydrogen-bond acceptors (Lipinski definition) is 6. The zero-order valence-corrected chi connectivity index (χ0v) is 8.29. The quantitative estimate of drug-likeness (QED) is 0.670. The summed E-state index contributed by atoms with van der Waals surface area (Å²) in [5.41, 5.74) is 0. The molecule has 2 rings (SSSR count). The fourth-order valence-electron chi connectivity index (χ4n) is 0.930. The predicted octanol–water partition coefficient (Wildman–Crippen LogP) is 0.0994. The van der Waals surface area contributed by atoms with Crippen LogP contribution < -0.4 is 0 Å². The van der Waals surface area contributed by atoms with Gasteiger partial charge in [0.15, 0.2) is 0 Å². The van der Waals surface area contributed by atoms with Crippen LogP contribution in [0.2, 0.25) is 0 Å². The Hall–Kier alpha value is -1.89. The van der Waals surface area contributed by atoms with Gasteiger partial charge >= 0.3 is 0 Å². The number of sulfone groups is 1. The van der Waals surface area contributed by atoms with Crippen molar-refractivity contribution in [2.45, 2.75) is 10.3 Å². The second-order valence-electron chi connectivity index (χ2n) is 2.57. The van der Waals surface area contributed by atoms with Crippen LogP contribution in [0.1, 0.15) is 0 Å². The average molecular weight is 222 g/mol. The molecule has 2 heterocycles. The van der Waals surface area contributed by atoms with Crippen LogP contribution >= 0.6 is 0 Å². The van der Waals surface area contributed by atoms with Gasteiger partial charge in [-0.3, -0.25) is 0 Å². The molecule has 0 aliphatic heterocycles. The highest BCUT2D eigenvalue weighted by Gasteiger charge is 2.23. The maximum Gasteiger partial charge on any atom is 0.277 e. The molecule has 0 aliphatic rings. The Morgan fingerprint density at radius 3 is 1.40 bits per heavy atom. The summed E-state index contributed by atoms with van der Waals surface area (Å²) in [4.78, 5) is 14.6. The van der Waals surface area contributed by atoms with E-state index in [0.29, 0.717) is 0 Å². The van der Waals surface area contributed by atoms with E-state index in [1.807, 2.05) is 0 Å². The molecule has 7 heteroatoms. The highest BCUT2D eigenvalue weighted by molar-refractivity contribution is 7.91. The van der Waals surface area contributed by atoms with E-state index < -0.39 is 9.84 Å². The standard InChI is InChI=1S/C8H6N4O2S/c13-15(14,7-9-3-1-4-10-7)8-11-5-2-6-12-8/h1-6H. The molecule has 0 aliphatic carbocycles. The SMILES string of the molecule is O=S(=O)(c1ncccn1)c1ncccn1. The Labute approximate surface area is 86.0 Å². The normalized spacial score (nSPS) is 11.2. The van der Waals surface area contributed by atoms with Crippen molar-refractivity contribution < 1.29 is 8.42 Å². The minimum Gasteiger partial charge on any atom is -0.226 e. The summed E-state index contributed by atoms with van der Waals surface area (Å²) in [5, 5.41) is -0.590. The third-order valence-electron chi connectivity index (χ3n) is 1.56. The van der Waals surface area contributed by atoms with E-state index in [4.69, 9.17) is 0 Å². The summed E-state index contributed by atoms with van der Waals surface area (Å²) in [5.74, 6) is 0. The highest BCUT2D eigenvalue weighted by Crippen LogP contribution is 2.10. The fraction of sp³-hybridized carbons (Fsp3) is 0. The molecule has 0 aromatic carbocycles. The zero-order valence-electron chi connectivity index (χ0n) is 7.48. The van der Waals surface area contributed by atoms with Gasteiger partial charge < -0.3 is 0 Å². The Bertz CT molecular complexity index is 496. The summed E-state index contributed by atoms with van der Waals surface area (Å²) < 4.78 is 23.6. The maximum absolute atomic E-state index is 11.8. The molecule has 2 aromatic heterocycles. The molecule has 76 valence electrons. The zero-order chi connectivity index (χ0) is 10.7. The lowest BCUT2D eigenvalue weighted by Gasteiger charge is -1.98. The van der Waals surface area contributed by atoms with Gasteiger partial charge in [0, 0.05) is 24.8 Å². The van der Waals surface area contributed by atoms with Gasteiger partial charge in [-0.15, -0.1) is 0 Å². The monoisotopic (exact) mass is 222 g/mol. The molecule has 2 aromatic rings. The first-order valence-electron chi connectivity index (χ1n) is 4.00. The van der Waals surface area contributed by atoms with Gasteiger partial charge in [-0.05, 0) is 12.1 Å². The topological polar surface area (TPSA) is 85.7 Å². The van der Waals surface area contributed by atoms with Crippen molar-refractivity contribution in [3.05, 3.63) is 36.9 Å². The molecule has 0 amide bonds. The van der Waals surface area contributed by atoms with Crippen LogP contribution in [0, 0.1) is 0 Å². The number of nitrogens with zero attached hydrogens (tertiary/aromatic N) is 4. The molecule has 0 unspecified atom stereocenters. The molecular weight excluding hydrogens is 216 g/mol. The van der Waals surface area contributed by atoms with E-state index in [1.165, 1.54) is 36.9 Å². The van der Waals surface area contributed by atoms with Crippen molar-refractivity contribution in [3.8, 4) is 0 Å². The Kier molecular flexibility index (Phi) is 2.38. The Morgan fingerprint density at radius 1 is 0.733 bits per heavy atom. The van der Waals surface area contributed by atoms with Gasteiger partial charge in [0.2, 0.25) is 0 Å². The molecule has 0 saturated carbocycles. The molecule has 0 N–H and O–H groups in total. The largest absolute Gasteiger partial charge is 0.277 e. The van der Waals surface area contributed by atoms with Crippen molar-refractivity contribution in [1.82, 2.24) is 19.9 Å². The second kappa shape index (κ2) is 3.70. The van der Waals surface area contributed by atoms with Crippen molar-refractivity contribution in [2.24, 2.45) is 0 Å². The fourth-order valence-corrected chi connectivity index (χ4v) is 1.89. The second-order valence-corrected chi connectivity index (χ2v) is 4.30. The summed E-state index contributed by atoms with van der Waals surface area (Å²) in [6.07, 6.45) is 5.40. The summed E-state index contributed by atoms with van der Waals surface area (Å²) >= 11 is 0. The molecule has 0 saturated heterocycles. The van der Waals surface area contributed by atoms with Gasteiger partial charge in [-0.25, -0.2) is 28.4 Å². The lowest BCUT2D eigenvalue weighted by atomic mass is 10.7. The summed E-state index contributed by atoms with van der Waals surface area (Å²) in [6, 6.07) is 3.07. The minimum absolute atomic E-state index is 0.295. The molecule has 0 bridgehead atoms. The van der Waals surface area contributed by atoms with Crippen molar-refractivity contribution in [1.29, 1.82) is 0 Å². The van der Waals surface area contributed by atoms with Crippen LogP contribution in [0.15, 0.2) is 47.2 Å². The maximum atomic E-state index is 11.8. The third kappa shape index (κ3) is 1.82. The molecule has 0 atom stereocenters. The Balaban J connectivity index is 2.55. The Morgan fingerprint density at radius 2 is 1.07 bits per heavy atom. The van der Waals surface area contributed by atoms with Crippen LogP contribution in [0.3, 0.4) is 0 Å². The molecule has 15 heavy (non-hydrogen) atoms. The lowest BCUT2D eigenvalue weighted by Crippen LogP contribution is -2.09. The van der Waals surface area contributed by atoms with Crippen LogP contribution in [0.25, 0.3) is 0 Å². The van der Waals surface area contributed by atoms with Crippen LogP contribution in [0.5, 0.6) is 0 Å². The van der Waals surface area contributed by atoms with E-state index >= 15 is 0 Å². The number of hydrogen-bond donors (Lipinski definition) is 0. The van der Waals surface area contributed by atoms with Crippen molar-refractivity contribution >= 4 is 9.84 Å². The van der Waals surface area contributed by atoms with Gasteiger partial charge in [-0.2, -0.15) is 0 Å². The minimum atomic E-state index is -3.78. The van der Waals surface area contributed by atoms with E-state index in [2.05, 4.69) is 19.9 Å². The molecule has 0 spiro atoms. The van der Waals surface area contributed by atoms with E-state index in [-0.39, 0.29) is 10.3 Å². The van der Waals surface area contributed by atoms with E-state index in [0.717, 1.165) is 0 Å². The highest BCUT2D eigenvalue weighted by atomic mass is 32.2.